The van der Waals surface area contributed by atoms with Crippen LogP contribution < -0.4 is 10.2 Å². The van der Waals surface area contributed by atoms with Gasteiger partial charge in [-0.3, -0.25) is 9.48 Å². The predicted octanol–water partition coefficient (Wildman–Crippen LogP) is 2.53. The summed E-state index contributed by atoms with van der Waals surface area (Å²) in [7, 11) is 1.81. The topological polar surface area (TPSA) is 50.2 Å². The summed E-state index contributed by atoms with van der Waals surface area (Å²) in [5.74, 6) is -0.536. The number of nitrogens with zero attached hydrogens (tertiary/aromatic N) is 3. The van der Waals surface area contributed by atoms with E-state index in [1.165, 1.54) is 6.07 Å². The number of benzene rings is 1. The van der Waals surface area contributed by atoms with Crippen LogP contribution in [0.15, 0.2) is 24.4 Å². The van der Waals surface area contributed by atoms with Crippen molar-refractivity contribution in [3.8, 4) is 0 Å². The van der Waals surface area contributed by atoms with Gasteiger partial charge in [0.15, 0.2) is 0 Å². The van der Waals surface area contributed by atoms with Gasteiger partial charge in [0.1, 0.15) is 5.82 Å². The molecule has 2 heterocycles. The average molecular weight is 337 g/mol. The molecule has 5 nitrogen and oxygen atoms in total. The van der Waals surface area contributed by atoms with Crippen LogP contribution in [0.25, 0.3) is 0 Å². The van der Waals surface area contributed by atoms with Gasteiger partial charge >= 0.3 is 0 Å². The van der Waals surface area contributed by atoms with Crippen molar-refractivity contribution in [2.24, 2.45) is 7.05 Å². The van der Waals surface area contributed by atoms with Crippen LogP contribution in [0.3, 0.4) is 0 Å². The molecule has 1 amide bonds. The highest BCUT2D eigenvalue weighted by molar-refractivity contribution is 6.31. The number of halogens is 2. The van der Waals surface area contributed by atoms with E-state index in [-0.39, 0.29) is 17.0 Å². The highest BCUT2D eigenvalue weighted by Crippen LogP contribution is 2.25. The second-order valence-corrected chi connectivity index (χ2v) is 6.18. The Labute approximate surface area is 139 Å². The molecular weight excluding hydrogens is 319 g/mol. The molecule has 7 heteroatoms. The molecule has 1 aromatic carbocycles. The fourth-order valence-electron chi connectivity index (χ4n) is 2.78. The molecule has 1 aliphatic heterocycles. The lowest BCUT2D eigenvalue weighted by atomic mass is 10.2. The largest absolute Gasteiger partial charge is 0.369 e. The molecule has 1 N–H and O–H groups in total. The van der Waals surface area contributed by atoms with Crippen molar-refractivity contribution in [1.29, 1.82) is 0 Å². The van der Waals surface area contributed by atoms with Gasteiger partial charge in [0.05, 0.1) is 16.8 Å². The second-order valence-electron chi connectivity index (χ2n) is 5.77. The van der Waals surface area contributed by atoms with Crippen LogP contribution in [-0.4, -0.2) is 34.8 Å². The molecule has 122 valence electrons. The van der Waals surface area contributed by atoms with Crippen LogP contribution in [0.5, 0.6) is 0 Å². The van der Waals surface area contributed by atoms with E-state index in [1.807, 2.05) is 14.0 Å². The zero-order chi connectivity index (χ0) is 16.6. The van der Waals surface area contributed by atoms with Gasteiger partial charge < -0.3 is 10.2 Å². The van der Waals surface area contributed by atoms with Gasteiger partial charge in [0, 0.05) is 37.6 Å². The SMILES string of the molecule is Cc1c(C(=O)N[C@@H]2CCN(c3ccc(F)c(Cl)c3)C2)cnn1C. The lowest BCUT2D eigenvalue weighted by molar-refractivity contribution is 0.0939. The Bertz CT molecular complexity index is 746. The van der Waals surface area contributed by atoms with E-state index < -0.39 is 5.82 Å². The Morgan fingerprint density at radius 3 is 2.91 bits per heavy atom. The van der Waals surface area contributed by atoms with Crippen molar-refractivity contribution in [3.63, 3.8) is 0 Å². The zero-order valence-electron chi connectivity index (χ0n) is 13.0. The van der Waals surface area contributed by atoms with Gasteiger partial charge in [-0.15, -0.1) is 0 Å². The number of carbonyl (C=O) groups excluding carboxylic acids is 1. The summed E-state index contributed by atoms with van der Waals surface area (Å²) >= 11 is 5.83. The summed E-state index contributed by atoms with van der Waals surface area (Å²) < 4.78 is 14.9. The molecule has 0 saturated carbocycles. The first-order valence-corrected chi connectivity index (χ1v) is 7.83. The molecule has 1 aromatic heterocycles. The van der Waals surface area contributed by atoms with E-state index in [0.717, 1.165) is 24.3 Å². The molecule has 1 aliphatic rings. The fourth-order valence-corrected chi connectivity index (χ4v) is 2.95. The fraction of sp³-hybridized carbons (Fsp3) is 0.375. The second kappa shape index (κ2) is 6.20. The molecule has 0 spiro atoms. The number of amides is 1. The minimum Gasteiger partial charge on any atom is -0.369 e. The first-order valence-electron chi connectivity index (χ1n) is 7.45. The monoisotopic (exact) mass is 336 g/mol. The van der Waals surface area contributed by atoms with Crippen LogP contribution >= 0.6 is 11.6 Å². The van der Waals surface area contributed by atoms with Crippen molar-refractivity contribution >= 4 is 23.2 Å². The van der Waals surface area contributed by atoms with Gasteiger partial charge in [0.2, 0.25) is 0 Å². The van der Waals surface area contributed by atoms with E-state index in [2.05, 4.69) is 15.3 Å². The Morgan fingerprint density at radius 2 is 2.26 bits per heavy atom. The van der Waals surface area contributed by atoms with Crippen molar-refractivity contribution in [2.45, 2.75) is 19.4 Å². The van der Waals surface area contributed by atoms with E-state index in [1.54, 1.807) is 23.0 Å². The Kier molecular flexibility index (Phi) is 4.26. The molecule has 3 rings (SSSR count). The molecule has 1 saturated heterocycles. The summed E-state index contributed by atoms with van der Waals surface area (Å²) in [6.07, 6.45) is 2.41. The van der Waals surface area contributed by atoms with Crippen LogP contribution in [0, 0.1) is 12.7 Å². The molecule has 0 aliphatic carbocycles. The number of carbonyl (C=O) groups is 1. The summed E-state index contributed by atoms with van der Waals surface area (Å²) in [5.41, 5.74) is 2.30. The molecule has 0 radical (unpaired) electrons. The third-order valence-electron chi connectivity index (χ3n) is 4.27. The number of aromatic nitrogens is 2. The zero-order valence-corrected chi connectivity index (χ0v) is 13.8. The normalized spacial score (nSPS) is 17.6. The smallest absolute Gasteiger partial charge is 0.255 e. The maximum Gasteiger partial charge on any atom is 0.255 e. The molecule has 23 heavy (non-hydrogen) atoms. The maximum atomic E-state index is 13.2. The Morgan fingerprint density at radius 1 is 1.48 bits per heavy atom. The van der Waals surface area contributed by atoms with Gasteiger partial charge in [-0.2, -0.15) is 5.10 Å². The third-order valence-corrected chi connectivity index (χ3v) is 4.56. The number of anilines is 1. The van der Waals surface area contributed by atoms with Crippen LogP contribution in [-0.2, 0) is 7.05 Å². The van der Waals surface area contributed by atoms with Crippen LogP contribution in [0.2, 0.25) is 5.02 Å². The third kappa shape index (κ3) is 3.17. The molecule has 0 bridgehead atoms. The number of hydrogen-bond donors (Lipinski definition) is 1. The Hall–Kier alpha value is -2.08. The molecule has 0 unspecified atom stereocenters. The van der Waals surface area contributed by atoms with Crippen molar-refractivity contribution < 1.29 is 9.18 Å². The number of rotatable bonds is 3. The summed E-state index contributed by atoms with van der Waals surface area (Å²) in [6.45, 7) is 3.33. The van der Waals surface area contributed by atoms with Gasteiger partial charge in [0.25, 0.3) is 5.91 Å². The minimum absolute atomic E-state index is 0.0472. The lowest BCUT2D eigenvalue weighted by Gasteiger charge is -2.19. The van der Waals surface area contributed by atoms with E-state index in [0.29, 0.717) is 12.1 Å². The van der Waals surface area contributed by atoms with Crippen LogP contribution in [0.4, 0.5) is 10.1 Å². The quantitative estimate of drug-likeness (QED) is 0.937. The highest BCUT2D eigenvalue weighted by Gasteiger charge is 2.25. The predicted molar refractivity (Wildman–Crippen MR) is 87.4 cm³/mol. The number of aryl methyl sites for hydroxylation is 1. The standard InChI is InChI=1S/C16H18ClFN4O/c1-10-13(8-19-21(10)2)16(23)20-11-5-6-22(9-11)12-3-4-15(18)14(17)7-12/h3-4,7-8,11H,5-6,9H2,1-2H3,(H,20,23)/t11-/m1/s1. The maximum absolute atomic E-state index is 13.2. The first kappa shape index (κ1) is 15.8. The van der Waals surface area contributed by atoms with Gasteiger partial charge in [-0.1, -0.05) is 11.6 Å². The number of hydrogen-bond acceptors (Lipinski definition) is 3. The number of nitrogens with one attached hydrogen (secondary N) is 1. The highest BCUT2D eigenvalue weighted by atomic mass is 35.5. The molecule has 1 atom stereocenters. The molecule has 1 fully saturated rings. The molecule has 2 aromatic rings. The van der Waals surface area contributed by atoms with Crippen LogP contribution in [0.1, 0.15) is 22.5 Å². The Balaban J connectivity index is 1.64. The minimum atomic E-state index is -0.425. The van der Waals surface area contributed by atoms with E-state index >= 15 is 0 Å². The van der Waals surface area contributed by atoms with Gasteiger partial charge in [-0.05, 0) is 31.5 Å². The van der Waals surface area contributed by atoms with E-state index in [4.69, 9.17) is 11.6 Å². The van der Waals surface area contributed by atoms with Crippen molar-refractivity contribution in [3.05, 3.63) is 46.5 Å². The average Bonchev–Trinajstić information content (AvgIpc) is 3.10. The summed E-state index contributed by atoms with van der Waals surface area (Å²) in [6, 6.07) is 4.73. The van der Waals surface area contributed by atoms with Gasteiger partial charge in [-0.25, -0.2) is 4.39 Å². The van der Waals surface area contributed by atoms with Crippen molar-refractivity contribution in [2.75, 3.05) is 18.0 Å². The first-order chi connectivity index (χ1) is 11.0. The summed E-state index contributed by atoms with van der Waals surface area (Å²) in [4.78, 5) is 14.4. The molecular formula is C16H18ClFN4O. The van der Waals surface area contributed by atoms with Crippen molar-refractivity contribution in [1.82, 2.24) is 15.1 Å². The summed E-state index contributed by atoms with van der Waals surface area (Å²) in [5, 5.41) is 7.23. The lowest BCUT2D eigenvalue weighted by Crippen LogP contribution is -2.37. The van der Waals surface area contributed by atoms with E-state index in [9.17, 15) is 9.18 Å².